The maximum absolute atomic E-state index is 13.9. The molecule has 0 spiro atoms. The molecule has 1 aliphatic heterocycles. The predicted molar refractivity (Wildman–Crippen MR) is 101 cm³/mol. The Hall–Kier alpha value is -2.39. The third-order valence-electron chi connectivity index (χ3n) is 4.07. The number of rotatable bonds is 4. The molecule has 1 aliphatic rings. The SMILES string of the molecule is CSCCn1c(=NC(=O)c2c(F)cccc2F)sc2cc3c(cc21)OCO3. The molecule has 5 nitrogen and oxygen atoms in total. The van der Waals surface area contributed by atoms with Crippen LogP contribution in [0.5, 0.6) is 11.5 Å². The largest absolute Gasteiger partial charge is 0.454 e. The fourth-order valence-corrected chi connectivity index (χ4v) is 4.22. The number of halogens is 2. The van der Waals surface area contributed by atoms with Crippen LogP contribution in [0.15, 0.2) is 35.3 Å². The zero-order valence-electron chi connectivity index (χ0n) is 14.2. The number of benzene rings is 2. The second-order valence-corrected chi connectivity index (χ2v) is 7.71. The lowest BCUT2D eigenvalue weighted by Crippen LogP contribution is -2.19. The van der Waals surface area contributed by atoms with Gasteiger partial charge in [-0.25, -0.2) is 8.78 Å². The molecular weight excluding hydrogens is 394 g/mol. The Morgan fingerprint density at radius 3 is 2.67 bits per heavy atom. The van der Waals surface area contributed by atoms with E-state index >= 15 is 0 Å². The molecule has 4 rings (SSSR count). The summed E-state index contributed by atoms with van der Waals surface area (Å²) in [4.78, 5) is 16.8. The van der Waals surface area contributed by atoms with Crippen LogP contribution < -0.4 is 14.3 Å². The number of aryl methyl sites for hydroxylation is 1. The minimum absolute atomic E-state index is 0.166. The number of fused-ring (bicyclic) bond motifs is 2. The van der Waals surface area contributed by atoms with Gasteiger partial charge in [0.15, 0.2) is 16.3 Å². The van der Waals surface area contributed by atoms with Gasteiger partial charge in [0.05, 0.1) is 10.2 Å². The molecule has 1 amide bonds. The molecule has 0 radical (unpaired) electrons. The number of ether oxygens (including phenoxy) is 2. The Bertz CT molecular complexity index is 1090. The van der Waals surface area contributed by atoms with E-state index in [1.807, 2.05) is 23.0 Å². The Balaban J connectivity index is 1.87. The number of aromatic nitrogens is 1. The minimum Gasteiger partial charge on any atom is -0.454 e. The number of thioether (sulfide) groups is 1. The first-order chi connectivity index (χ1) is 13.1. The predicted octanol–water partition coefficient (Wildman–Crippen LogP) is 3.81. The van der Waals surface area contributed by atoms with Gasteiger partial charge in [0.2, 0.25) is 6.79 Å². The lowest BCUT2D eigenvalue weighted by Gasteiger charge is -2.05. The molecule has 0 N–H and O–H groups in total. The summed E-state index contributed by atoms with van der Waals surface area (Å²) in [5.41, 5.74) is 0.180. The van der Waals surface area contributed by atoms with Crippen LogP contribution in [0, 0.1) is 11.6 Å². The van der Waals surface area contributed by atoms with Crippen LogP contribution in [0.3, 0.4) is 0 Å². The van der Waals surface area contributed by atoms with Crippen molar-refractivity contribution in [2.75, 3.05) is 18.8 Å². The first kappa shape index (κ1) is 18.0. The van der Waals surface area contributed by atoms with E-state index in [1.54, 1.807) is 11.8 Å². The maximum Gasteiger partial charge on any atom is 0.285 e. The van der Waals surface area contributed by atoms with Crippen LogP contribution in [0.25, 0.3) is 10.2 Å². The second kappa shape index (κ2) is 7.32. The number of amides is 1. The van der Waals surface area contributed by atoms with Crippen LogP contribution in [0.2, 0.25) is 0 Å². The van der Waals surface area contributed by atoms with Gasteiger partial charge in [0, 0.05) is 24.4 Å². The van der Waals surface area contributed by atoms with Gasteiger partial charge in [-0.1, -0.05) is 17.4 Å². The molecule has 2 heterocycles. The third-order valence-corrected chi connectivity index (χ3v) is 5.70. The number of carbonyl (C=O) groups is 1. The average molecular weight is 408 g/mol. The monoisotopic (exact) mass is 408 g/mol. The molecule has 0 saturated carbocycles. The molecule has 0 atom stereocenters. The molecule has 0 aliphatic carbocycles. The second-order valence-electron chi connectivity index (χ2n) is 5.72. The van der Waals surface area contributed by atoms with Crippen molar-refractivity contribution in [3.8, 4) is 11.5 Å². The fraction of sp³-hybridized carbons (Fsp3) is 0.222. The summed E-state index contributed by atoms with van der Waals surface area (Å²) < 4.78 is 41.3. The van der Waals surface area contributed by atoms with Crippen molar-refractivity contribution < 1.29 is 23.0 Å². The summed E-state index contributed by atoms with van der Waals surface area (Å²) in [5, 5.41) is 0. The molecule has 3 aromatic rings. The van der Waals surface area contributed by atoms with Crippen LogP contribution in [-0.2, 0) is 6.54 Å². The highest BCUT2D eigenvalue weighted by Gasteiger charge is 2.20. The van der Waals surface area contributed by atoms with Crippen LogP contribution in [-0.4, -0.2) is 29.3 Å². The summed E-state index contributed by atoms with van der Waals surface area (Å²) in [6, 6.07) is 6.95. The molecule has 0 saturated heterocycles. The molecule has 140 valence electrons. The van der Waals surface area contributed by atoms with E-state index in [4.69, 9.17) is 9.47 Å². The summed E-state index contributed by atoms with van der Waals surface area (Å²) in [6.07, 6.45) is 1.97. The van der Waals surface area contributed by atoms with Gasteiger partial charge >= 0.3 is 0 Å². The summed E-state index contributed by atoms with van der Waals surface area (Å²) in [6.45, 7) is 0.756. The van der Waals surface area contributed by atoms with Gasteiger partial charge in [0.1, 0.15) is 17.2 Å². The van der Waals surface area contributed by atoms with Gasteiger partial charge in [-0.05, 0) is 18.4 Å². The van der Waals surface area contributed by atoms with Crippen LogP contribution in [0.4, 0.5) is 8.78 Å². The van der Waals surface area contributed by atoms with E-state index in [9.17, 15) is 13.6 Å². The Labute approximate surface area is 161 Å². The summed E-state index contributed by atoms with van der Waals surface area (Å²) >= 11 is 2.90. The van der Waals surface area contributed by atoms with E-state index in [1.165, 1.54) is 17.4 Å². The Kier molecular flexibility index (Phi) is 4.88. The number of hydrogen-bond acceptors (Lipinski definition) is 5. The van der Waals surface area contributed by atoms with E-state index in [-0.39, 0.29) is 6.79 Å². The smallest absolute Gasteiger partial charge is 0.285 e. The number of thiazole rings is 1. The Morgan fingerprint density at radius 1 is 1.26 bits per heavy atom. The zero-order valence-corrected chi connectivity index (χ0v) is 15.8. The highest BCUT2D eigenvalue weighted by atomic mass is 32.2. The van der Waals surface area contributed by atoms with Crippen LogP contribution in [0.1, 0.15) is 10.4 Å². The minimum atomic E-state index is -0.949. The van der Waals surface area contributed by atoms with Gasteiger partial charge in [-0.15, -0.1) is 0 Å². The first-order valence-corrected chi connectivity index (χ1v) is 10.2. The van der Waals surface area contributed by atoms with Crippen molar-refractivity contribution >= 4 is 39.2 Å². The quantitative estimate of drug-likeness (QED) is 0.659. The highest BCUT2D eigenvalue weighted by molar-refractivity contribution is 7.98. The number of nitrogens with zero attached hydrogens (tertiary/aromatic N) is 2. The summed E-state index contributed by atoms with van der Waals surface area (Å²) in [7, 11) is 0. The summed E-state index contributed by atoms with van der Waals surface area (Å²) in [5.74, 6) is -0.775. The average Bonchev–Trinajstić information content (AvgIpc) is 3.21. The topological polar surface area (TPSA) is 52.8 Å². The number of hydrogen-bond donors (Lipinski definition) is 0. The standard InChI is InChI=1S/C18H14F2N2O3S2/c1-26-6-5-22-12-7-13-14(25-9-24-13)8-15(12)27-18(22)21-17(23)16-10(19)3-2-4-11(16)20/h2-4,7-8H,5-6,9H2,1H3. The van der Waals surface area contributed by atoms with Crippen molar-refractivity contribution in [3.05, 3.63) is 52.3 Å². The fourth-order valence-electron chi connectivity index (χ4n) is 2.79. The van der Waals surface area contributed by atoms with E-state index < -0.39 is 23.1 Å². The van der Waals surface area contributed by atoms with E-state index in [2.05, 4.69) is 4.99 Å². The highest BCUT2D eigenvalue weighted by Crippen LogP contribution is 2.37. The molecule has 9 heteroatoms. The molecule has 2 aromatic carbocycles. The van der Waals surface area contributed by atoms with E-state index in [0.29, 0.717) is 22.8 Å². The van der Waals surface area contributed by atoms with Crippen molar-refractivity contribution in [3.63, 3.8) is 0 Å². The first-order valence-electron chi connectivity index (χ1n) is 8.03. The van der Waals surface area contributed by atoms with Gasteiger partial charge in [-0.3, -0.25) is 4.79 Å². The molecule has 1 aromatic heterocycles. The third kappa shape index (κ3) is 3.32. The normalized spacial score (nSPS) is 13.5. The van der Waals surface area contributed by atoms with Gasteiger partial charge in [0.25, 0.3) is 5.91 Å². The molecule has 0 unspecified atom stereocenters. The maximum atomic E-state index is 13.9. The van der Waals surface area contributed by atoms with Crippen molar-refractivity contribution in [2.24, 2.45) is 4.99 Å². The van der Waals surface area contributed by atoms with Gasteiger partial charge in [-0.2, -0.15) is 16.8 Å². The zero-order chi connectivity index (χ0) is 19.0. The molecular formula is C18H14F2N2O3S2. The van der Waals surface area contributed by atoms with Crippen molar-refractivity contribution in [1.29, 1.82) is 0 Å². The lowest BCUT2D eigenvalue weighted by atomic mass is 10.2. The number of carbonyl (C=O) groups excluding carboxylic acids is 1. The van der Waals surface area contributed by atoms with Crippen molar-refractivity contribution in [2.45, 2.75) is 6.54 Å². The van der Waals surface area contributed by atoms with Gasteiger partial charge < -0.3 is 14.0 Å². The van der Waals surface area contributed by atoms with Crippen molar-refractivity contribution in [1.82, 2.24) is 4.57 Å². The Morgan fingerprint density at radius 2 is 1.96 bits per heavy atom. The van der Waals surface area contributed by atoms with E-state index in [0.717, 1.165) is 28.1 Å². The molecule has 0 fully saturated rings. The van der Waals surface area contributed by atoms with Crippen LogP contribution >= 0.6 is 23.1 Å². The molecule has 27 heavy (non-hydrogen) atoms. The molecule has 0 bridgehead atoms. The lowest BCUT2D eigenvalue weighted by molar-refractivity contribution is 0.0990.